The van der Waals surface area contributed by atoms with Gasteiger partial charge in [-0.3, -0.25) is 0 Å². The number of nitrogens with zero attached hydrogens (tertiary/aromatic N) is 2. The normalized spacial score (nSPS) is 22.9. The Kier molecular flexibility index (Phi) is 3.53. The van der Waals surface area contributed by atoms with Gasteiger partial charge in [0.15, 0.2) is 0 Å². The third kappa shape index (κ3) is 2.33. The lowest BCUT2D eigenvalue weighted by molar-refractivity contribution is 0.221. The first-order chi connectivity index (χ1) is 9.73. The van der Waals surface area contributed by atoms with Crippen LogP contribution < -0.4 is 5.32 Å². The lowest BCUT2D eigenvalue weighted by atomic mass is 9.78. The lowest BCUT2D eigenvalue weighted by Gasteiger charge is -2.33. The van der Waals surface area contributed by atoms with Crippen LogP contribution in [0.15, 0.2) is 28.8 Å². The Labute approximate surface area is 117 Å². The molecule has 1 N–H and O–H groups in total. The summed E-state index contributed by atoms with van der Waals surface area (Å²) < 4.78 is 18.7. The zero-order chi connectivity index (χ0) is 14.0. The van der Waals surface area contributed by atoms with Crippen molar-refractivity contribution in [2.24, 2.45) is 0 Å². The van der Waals surface area contributed by atoms with Crippen molar-refractivity contribution in [2.45, 2.75) is 31.6 Å². The van der Waals surface area contributed by atoms with Crippen molar-refractivity contribution < 1.29 is 8.91 Å². The largest absolute Gasteiger partial charge is 0.338 e. The molecule has 0 saturated carbocycles. The van der Waals surface area contributed by atoms with E-state index < -0.39 is 0 Å². The molecule has 4 nitrogen and oxygen atoms in total. The van der Waals surface area contributed by atoms with Crippen LogP contribution >= 0.6 is 0 Å². The maximum atomic E-state index is 13.3. The molecular weight excluding hydrogens is 257 g/mol. The van der Waals surface area contributed by atoms with Crippen LogP contribution in [0.3, 0.4) is 0 Å². The number of nitrogens with one attached hydrogen (secondary N) is 1. The van der Waals surface area contributed by atoms with Crippen molar-refractivity contribution in [1.29, 1.82) is 0 Å². The molecule has 1 unspecified atom stereocenters. The topological polar surface area (TPSA) is 51.0 Å². The summed E-state index contributed by atoms with van der Waals surface area (Å²) >= 11 is 0. The Balaban J connectivity index is 1.93. The first-order valence-electron chi connectivity index (χ1n) is 7.04. The fourth-order valence-electron chi connectivity index (χ4n) is 2.79. The van der Waals surface area contributed by atoms with Crippen LogP contribution in [0.25, 0.3) is 11.4 Å². The zero-order valence-corrected chi connectivity index (χ0v) is 11.5. The van der Waals surface area contributed by atoms with E-state index in [0.29, 0.717) is 17.3 Å². The summed E-state index contributed by atoms with van der Waals surface area (Å²) in [4.78, 5) is 4.50. The average molecular weight is 275 g/mol. The molecule has 1 aromatic carbocycles. The molecule has 0 bridgehead atoms. The fraction of sp³-hybridized carbons (Fsp3) is 0.467. The third-order valence-electron chi connectivity index (χ3n) is 4.11. The SMILES string of the molecule is CCC1(c2nc(-c3cccc(F)c3)no2)CCCNC1. The van der Waals surface area contributed by atoms with Crippen molar-refractivity contribution in [3.05, 3.63) is 36.0 Å². The minimum Gasteiger partial charge on any atom is -0.338 e. The van der Waals surface area contributed by atoms with Gasteiger partial charge < -0.3 is 9.84 Å². The van der Waals surface area contributed by atoms with Crippen LogP contribution in [-0.2, 0) is 5.41 Å². The monoisotopic (exact) mass is 275 g/mol. The van der Waals surface area contributed by atoms with E-state index in [1.54, 1.807) is 12.1 Å². The molecule has 0 amide bonds. The predicted molar refractivity (Wildman–Crippen MR) is 73.8 cm³/mol. The molecule has 1 aromatic heterocycles. The quantitative estimate of drug-likeness (QED) is 0.935. The van der Waals surface area contributed by atoms with Crippen LogP contribution in [0.1, 0.15) is 32.1 Å². The zero-order valence-electron chi connectivity index (χ0n) is 11.5. The van der Waals surface area contributed by atoms with Gasteiger partial charge in [-0.25, -0.2) is 4.39 Å². The van der Waals surface area contributed by atoms with Crippen molar-refractivity contribution in [1.82, 2.24) is 15.5 Å². The molecule has 2 aromatic rings. The predicted octanol–water partition coefficient (Wildman–Crippen LogP) is 2.91. The standard InChI is InChI=1S/C15H18FN3O/c1-2-15(7-4-8-17-10-15)14-18-13(19-20-14)11-5-3-6-12(16)9-11/h3,5-6,9,17H,2,4,7-8,10H2,1H3. The Morgan fingerprint density at radius 3 is 3.05 bits per heavy atom. The molecule has 1 aliphatic rings. The molecule has 1 aliphatic heterocycles. The Hall–Kier alpha value is -1.75. The Morgan fingerprint density at radius 2 is 2.35 bits per heavy atom. The maximum Gasteiger partial charge on any atom is 0.234 e. The van der Waals surface area contributed by atoms with Crippen LogP contribution in [0.5, 0.6) is 0 Å². The van der Waals surface area contributed by atoms with E-state index in [0.717, 1.165) is 32.4 Å². The highest BCUT2D eigenvalue weighted by molar-refractivity contribution is 5.54. The van der Waals surface area contributed by atoms with E-state index in [-0.39, 0.29) is 11.2 Å². The molecule has 1 fully saturated rings. The van der Waals surface area contributed by atoms with Gasteiger partial charge in [-0.1, -0.05) is 24.2 Å². The number of piperidine rings is 1. The molecule has 1 saturated heterocycles. The molecule has 0 aliphatic carbocycles. The fourth-order valence-corrected chi connectivity index (χ4v) is 2.79. The highest BCUT2D eigenvalue weighted by Crippen LogP contribution is 2.34. The van der Waals surface area contributed by atoms with E-state index >= 15 is 0 Å². The van der Waals surface area contributed by atoms with Crippen molar-refractivity contribution >= 4 is 0 Å². The highest BCUT2D eigenvalue weighted by Gasteiger charge is 2.37. The van der Waals surface area contributed by atoms with E-state index in [2.05, 4.69) is 22.4 Å². The minimum atomic E-state index is -0.293. The number of benzene rings is 1. The Bertz CT molecular complexity index is 590. The summed E-state index contributed by atoms with van der Waals surface area (Å²) in [5, 5.41) is 7.41. The second-order valence-electron chi connectivity index (χ2n) is 5.35. The van der Waals surface area contributed by atoms with Crippen molar-refractivity contribution in [3.63, 3.8) is 0 Å². The van der Waals surface area contributed by atoms with Crippen molar-refractivity contribution in [2.75, 3.05) is 13.1 Å². The van der Waals surface area contributed by atoms with Gasteiger partial charge in [0.1, 0.15) is 5.82 Å². The minimum absolute atomic E-state index is 0.0865. The summed E-state index contributed by atoms with van der Waals surface area (Å²) in [6.07, 6.45) is 3.09. The second kappa shape index (κ2) is 5.32. The van der Waals surface area contributed by atoms with Crippen LogP contribution in [0, 0.1) is 5.82 Å². The third-order valence-corrected chi connectivity index (χ3v) is 4.11. The molecule has 3 rings (SSSR count). The first-order valence-corrected chi connectivity index (χ1v) is 7.04. The molecule has 2 heterocycles. The lowest BCUT2D eigenvalue weighted by Crippen LogP contribution is -2.43. The number of halogens is 1. The van der Waals surface area contributed by atoms with Gasteiger partial charge in [-0.2, -0.15) is 4.98 Å². The van der Waals surface area contributed by atoms with Gasteiger partial charge >= 0.3 is 0 Å². The first kappa shape index (κ1) is 13.2. The molecule has 5 heteroatoms. The molecule has 106 valence electrons. The molecule has 20 heavy (non-hydrogen) atoms. The van der Waals surface area contributed by atoms with Crippen molar-refractivity contribution in [3.8, 4) is 11.4 Å². The molecule has 0 radical (unpaired) electrons. The van der Waals surface area contributed by atoms with Gasteiger partial charge in [-0.05, 0) is 37.9 Å². The van der Waals surface area contributed by atoms with E-state index in [9.17, 15) is 4.39 Å². The maximum absolute atomic E-state index is 13.3. The summed E-state index contributed by atoms with van der Waals surface area (Å²) in [6, 6.07) is 6.27. The second-order valence-corrected chi connectivity index (χ2v) is 5.35. The number of aromatic nitrogens is 2. The van der Waals surface area contributed by atoms with Gasteiger partial charge in [0.2, 0.25) is 11.7 Å². The Morgan fingerprint density at radius 1 is 1.45 bits per heavy atom. The summed E-state index contributed by atoms with van der Waals surface area (Å²) in [5.41, 5.74) is 0.562. The average Bonchev–Trinajstić information content (AvgIpc) is 2.98. The smallest absolute Gasteiger partial charge is 0.234 e. The molecule has 1 atom stereocenters. The highest BCUT2D eigenvalue weighted by atomic mass is 19.1. The number of rotatable bonds is 3. The van der Waals surface area contributed by atoms with Crippen LogP contribution in [-0.4, -0.2) is 23.2 Å². The molecular formula is C15H18FN3O. The molecule has 0 spiro atoms. The number of hydrogen-bond donors (Lipinski definition) is 1. The van der Waals surface area contributed by atoms with Gasteiger partial charge in [-0.15, -0.1) is 0 Å². The van der Waals surface area contributed by atoms with Gasteiger partial charge in [0, 0.05) is 12.1 Å². The summed E-state index contributed by atoms with van der Waals surface area (Å²) in [5.74, 6) is 0.822. The van der Waals surface area contributed by atoms with E-state index in [1.807, 2.05) is 0 Å². The summed E-state index contributed by atoms with van der Waals surface area (Å²) in [7, 11) is 0. The van der Waals surface area contributed by atoms with E-state index in [1.165, 1.54) is 12.1 Å². The number of hydrogen-bond acceptors (Lipinski definition) is 4. The summed E-state index contributed by atoms with van der Waals surface area (Å²) in [6.45, 7) is 4.03. The van der Waals surface area contributed by atoms with Crippen LogP contribution in [0.4, 0.5) is 4.39 Å². The van der Waals surface area contributed by atoms with E-state index in [4.69, 9.17) is 4.52 Å². The van der Waals surface area contributed by atoms with Crippen LogP contribution in [0.2, 0.25) is 0 Å². The van der Waals surface area contributed by atoms with Gasteiger partial charge in [0.05, 0.1) is 5.41 Å². The van der Waals surface area contributed by atoms with Gasteiger partial charge in [0.25, 0.3) is 0 Å².